The van der Waals surface area contributed by atoms with Crippen molar-refractivity contribution in [3.05, 3.63) is 71.8 Å². The smallest absolute Gasteiger partial charge is 0.242 e. The minimum absolute atomic E-state index is 0.126. The summed E-state index contributed by atoms with van der Waals surface area (Å²) >= 11 is 0. The third-order valence-corrected chi connectivity index (χ3v) is 3.28. The van der Waals surface area contributed by atoms with Crippen LogP contribution in [0.4, 0.5) is 0 Å². The van der Waals surface area contributed by atoms with Crippen LogP contribution in [0, 0.1) is 6.92 Å². The quantitative estimate of drug-likeness (QED) is 0.806. The van der Waals surface area contributed by atoms with E-state index in [1.165, 1.54) is 5.56 Å². The Bertz CT molecular complexity index is 646. The first-order chi connectivity index (χ1) is 10.6. The molecule has 0 spiro atoms. The third kappa shape index (κ3) is 4.38. The molecular weight excluding hydrogens is 276 g/mol. The van der Waals surface area contributed by atoms with Crippen molar-refractivity contribution in [2.75, 3.05) is 7.11 Å². The number of hydrazine groups is 1. The number of hydrogen-bond acceptors (Lipinski definition) is 3. The topological polar surface area (TPSA) is 50.4 Å². The first-order valence-corrected chi connectivity index (χ1v) is 7.02. The monoisotopic (exact) mass is 296 g/mol. The van der Waals surface area contributed by atoms with Gasteiger partial charge in [-0.3, -0.25) is 15.6 Å². The molecule has 4 heteroatoms. The maximum Gasteiger partial charge on any atom is 0.242 e. The molecule has 0 bridgehead atoms. The Morgan fingerprint density at radius 1 is 1.05 bits per heavy atom. The Labute approximate surface area is 130 Å². The molecule has 0 saturated carbocycles. The Kier molecular flexibility index (Phi) is 5.20. The summed E-state index contributed by atoms with van der Waals surface area (Å²) in [5.41, 5.74) is 9.19. The van der Waals surface area contributed by atoms with Gasteiger partial charge in [0, 0.05) is 0 Å². The number of ether oxygens (including phenoxy) is 1. The van der Waals surface area contributed by atoms with Gasteiger partial charge in [0.05, 0.1) is 19.2 Å². The molecule has 22 heavy (non-hydrogen) atoms. The summed E-state index contributed by atoms with van der Waals surface area (Å²) in [5, 5.41) is 0. The number of carbonyl (C=O) groups is 1. The number of carbonyl (C=O) groups excluding carboxylic acids is 1. The lowest BCUT2D eigenvalue weighted by Gasteiger charge is -2.11. The van der Waals surface area contributed by atoms with Gasteiger partial charge in [0.2, 0.25) is 5.91 Å². The number of benzene rings is 2. The molecule has 0 aromatic heterocycles. The van der Waals surface area contributed by atoms with Gasteiger partial charge in [0.1, 0.15) is 5.75 Å². The standard InChI is InChI=1S/C18H20N2O2/c1-13-4-8-16(9-5-13)14(2)19-20-18(21)12-15-6-10-17(22-3)11-7-15/h4-11,19H,2,12H2,1,3H3,(H,20,21). The maximum atomic E-state index is 11.9. The molecule has 2 rings (SSSR count). The lowest BCUT2D eigenvalue weighted by atomic mass is 10.1. The number of methoxy groups -OCH3 is 1. The van der Waals surface area contributed by atoms with E-state index >= 15 is 0 Å². The largest absolute Gasteiger partial charge is 0.497 e. The fourth-order valence-corrected chi connectivity index (χ4v) is 1.95. The molecule has 2 aromatic carbocycles. The molecule has 4 nitrogen and oxygen atoms in total. The summed E-state index contributed by atoms with van der Waals surface area (Å²) in [6, 6.07) is 15.3. The number of nitrogens with one attached hydrogen (secondary N) is 2. The molecule has 0 atom stereocenters. The molecule has 0 fully saturated rings. The molecule has 0 heterocycles. The van der Waals surface area contributed by atoms with Crippen LogP contribution in [0.2, 0.25) is 0 Å². The zero-order valence-corrected chi connectivity index (χ0v) is 12.8. The summed E-state index contributed by atoms with van der Waals surface area (Å²) in [7, 11) is 1.61. The second-order valence-electron chi connectivity index (χ2n) is 5.04. The van der Waals surface area contributed by atoms with E-state index in [1.54, 1.807) is 7.11 Å². The van der Waals surface area contributed by atoms with E-state index in [-0.39, 0.29) is 12.3 Å². The van der Waals surface area contributed by atoms with Crippen LogP contribution >= 0.6 is 0 Å². The van der Waals surface area contributed by atoms with Gasteiger partial charge in [-0.15, -0.1) is 0 Å². The fourth-order valence-electron chi connectivity index (χ4n) is 1.95. The Hall–Kier alpha value is -2.75. The van der Waals surface area contributed by atoms with Crippen molar-refractivity contribution in [1.29, 1.82) is 0 Å². The predicted octanol–water partition coefficient (Wildman–Crippen LogP) is 2.84. The van der Waals surface area contributed by atoms with Gasteiger partial charge in [0.25, 0.3) is 0 Å². The highest BCUT2D eigenvalue weighted by molar-refractivity contribution is 5.79. The van der Waals surface area contributed by atoms with Crippen molar-refractivity contribution in [2.24, 2.45) is 0 Å². The van der Waals surface area contributed by atoms with Gasteiger partial charge >= 0.3 is 0 Å². The van der Waals surface area contributed by atoms with E-state index in [9.17, 15) is 4.79 Å². The lowest BCUT2D eigenvalue weighted by Crippen LogP contribution is -2.36. The third-order valence-electron chi connectivity index (χ3n) is 3.28. The van der Waals surface area contributed by atoms with Crippen molar-refractivity contribution in [2.45, 2.75) is 13.3 Å². The molecule has 2 N–H and O–H groups in total. The van der Waals surface area contributed by atoms with Crippen LogP contribution in [0.5, 0.6) is 5.75 Å². The van der Waals surface area contributed by atoms with Crippen molar-refractivity contribution >= 4 is 11.6 Å². The zero-order chi connectivity index (χ0) is 15.9. The molecule has 0 aliphatic heterocycles. The maximum absolute atomic E-state index is 11.9. The zero-order valence-electron chi connectivity index (χ0n) is 12.8. The highest BCUT2D eigenvalue weighted by atomic mass is 16.5. The van der Waals surface area contributed by atoms with E-state index in [1.807, 2.05) is 55.5 Å². The van der Waals surface area contributed by atoms with Gasteiger partial charge in [0.15, 0.2) is 0 Å². The summed E-state index contributed by atoms with van der Waals surface area (Å²) in [5.74, 6) is 0.647. The van der Waals surface area contributed by atoms with E-state index < -0.39 is 0 Å². The Balaban J connectivity index is 1.84. The van der Waals surface area contributed by atoms with Crippen molar-refractivity contribution < 1.29 is 9.53 Å². The highest BCUT2D eigenvalue weighted by Gasteiger charge is 2.04. The molecule has 114 valence electrons. The van der Waals surface area contributed by atoms with E-state index in [0.717, 1.165) is 16.9 Å². The minimum atomic E-state index is -0.126. The summed E-state index contributed by atoms with van der Waals surface area (Å²) in [6.45, 7) is 5.94. The molecule has 2 aromatic rings. The van der Waals surface area contributed by atoms with Crippen LogP contribution in [0.3, 0.4) is 0 Å². The fraction of sp³-hybridized carbons (Fsp3) is 0.167. The van der Waals surface area contributed by atoms with Gasteiger partial charge in [-0.05, 0) is 30.2 Å². The van der Waals surface area contributed by atoms with Crippen molar-refractivity contribution in [3.63, 3.8) is 0 Å². The molecule has 0 unspecified atom stereocenters. The Morgan fingerprint density at radius 3 is 2.27 bits per heavy atom. The number of amides is 1. The van der Waals surface area contributed by atoms with Gasteiger partial charge in [-0.1, -0.05) is 48.5 Å². The highest BCUT2D eigenvalue weighted by Crippen LogP contribution is 2.12. The summed E-state index contributed by atoms with van der Waals surface area (Å²) < 4.78 is 5.09. The molecule has 0 aliphatic carbocycles. The second-order valence-corrected chi connectivity index (χ2v) is 5.04. The van der Waals surface area contributed by atoms with E-state index in [4.69, 9.17) is 4.74 Å². The van der Waals surface area contributed by atoms with Gasteiger partial charge < -0.3 is 4.74 Å². The molecule has 0 saturated heterocycles. The van der Waals surface area contributed by atoms with E-state index in [2.05, 4.69) is 17.4 Å². The molecule has 0 aliphatic rings. The van der Waals surface area contributed by atoms with Gasteiger partial charge in [-0.25, -0.2) is 0 Å². The van der Waals surface area contributed by atoms with Crippen LogP contribution in [0.1, 0.15) is 16.7 Å². The molecular formula is C18H20N2O2. The van der Waals surface area contributed by atoms with Gasteiger partial charge in [-0.2, -0.15) is 0 Å². The number of hydrogen-bond donors (Lipinski definition) is 2. The van der Waals surface area contributed by atoms with Crippen molar-refractivity contribution in [3.8, 4) is 5.75 Å². The average molecular weight is 296 g/mol. The van der Waals surface area contributed by atoms with Crippen molar-refractivity contribution in [1.82, 2.24) is 10.9 Å². The van der Waals surface area contributed by atoms with Crippen LogP contribution in [0.15, 0.2) is 55.1 Å². The van der Waals surface area contributed by atoms with E-state index in [0.29, 0.717) is 5.70 Å². The number of rotatable bonds is 6. The summed E-state index contributed by atoms with van der Waals surface area (Å²) in [4.78, 5) is 11.9. The predicted molar refractivity (Wildman–Crippen MR) is 88.2 cm³/mol. The molecule has 1 amide bonds. The average Bonchev–Trinajstić information content (AvgIpc) is 2.54. The normalized spacial score (nSPS) is 9.91. The summed E-state index contributed by atoms with van der Waals surface area (Å²) in [6.07, 6.45) is 0.290. The van der Waals surface area contributed by atoms with Crippen LogP contribution in [0.25, 0.3) is 5.70 Å². The second kappa shape index (κ2) is 7.31. The van der Waals surface area contributed by atoms with Crippen LogP contribution in [-0.4, -0.2) is 13.0 Å². The first kappa shape index (κ1) is 15.6. The Morgan fingerprint density at radius 2 is 1.68 bits per heavy atom. The van der Waals surface area contributed by atoms with Crippen LogP contribution in [-0.2, 0) is 11.2 Å². The number of aryl methyl sites for hydroxylation is 1. The van der Waals surface area contributed by atoms with Crippen LogP contribution < -0.4 is 15.6 Å². The SMILES string of the molecule is C=C(NNC(=O)Cc1ccc(OC)cc1)c1ccc(C)cc1. The molecule has 0 radical (unpaired) electrons. The first-order valence-electron chi connectivity index (χ1n) is 7.02. The minimum Gasteiger partial charge on any atom is -0.497 e. The lowest BCUT2D eigenvalue weighted by molar-refractivity contribution is -0.121.